The molecule has 1 aromatic heterocycles. The Morgan fingerprint density at radius 1 is 1.19 bits per heavy atom. The highest BCUT2D eigenvalue weighted by atomic mass is 16.2. The molecule has 4 heteroatoms. The predicted octanol–water partition coefficient (Wildman–Crippen LogP) is 4.15. The normalized spacial score (nSPS) is 18.4. The van der Waals surface area contributed by atoms with Crippen molar-refractivity contribution in [3.63, 3.8) is 0 Å². The van der Waals surface area contributed by atoms with Gasteiger partial charge in [-0.2, -0.15) is 0 Å². The zero-order valence-corrected chi connectivity index (χ0v) is 15.0. The Morgan fingerprint density at radius 2 is 1.92 bits per heavy atom. The maximum Gasteiger partial charge on any atom is 0.223 e. The third kappa shape index (κ3) is 2.81. The highest BCUT2D eigenvalue weighted by Crippen LogP contribution is 2.34. The van der Waals surface area contributed by atoms with E-state index in [-0.39, 0.29) is 17.9 Å². The first-order valence-electron chi connectivity index (χ1n) is 9.09. The van der Waals surface area contributed by atoms with Crippen molar-refractivity contribution in [1.29, 1.82) is 0 Å². The standard InChI is InChI=1S/C22H23N3O/c1-3-13-24-15-18(14-21(24)26)22-23-19-11-7-8-12-20(19)25(22)16(2)17-9-5-4-6-10-17/h3-12,16,18H,1,13-15H2,2H3/t16-,18+/m1/s1. The quantitative estimate of drug-likeness (QED) is 0.652. The minimum Gasteiger partial charge on any atom is -0.338 e. The largest absolute Gasteiger partial charge is 0.338 e. The van der Waals surface area contributed by atoms with Crippen LogP contribution in [0.25, 0.3) is 11.0 Å². The summed E-state index contributed by atoms with van der Waals surface area (Å²) < 4.78 is 2.31. The molecular formula is C22H23N3O. The van der Waals surface area contributed by atoms with E-state index in [1.807, 2.05) is 29.2 Å². The fourth-order valence-corrected chi connectivity index (χ4v) is 3.92. The zero-order valence-electron chi connectivity index (χ0n) is 15.0. The number of amides is 1. The fourth-order valence-electron chi connectivity index (χ4n) is 3.92. The molecule has 2 aromatic carbocycles. The fraction of sp³-hybridized carbons (Fsp3) is 0.273. The number of carbonyl (C=O) groups is 1. The molecule has 4 nitrogen and oxygen atoms in total. The predicted molar refractivity (Wildman–Crippen MR) is 104 cm³/mol. The summed E-state index contributed by atoms with van der Waals surface area (Å²) in [6.45, 7) is 7.27. The lowest BCUT2D eigenvalue weighted by Crippen LogP contribution is -2.25. The van der Waals surface area contributed by atoms with Crippen molar-refractivity contribution in [3.8, 4) is 0 Å². The van der Waals surface area contributed by atoms with Gasteiger partial charge in [-0.15, -0.1) is 6.58 Å². The summed E-state index contributed by atoms with van der Waals surface area (Å²) >= 11 is 0. The molecule has 1 aliphatic rings. The lowest BCUT2D eigenvalue weighted by atomic mass is 10.0. The molecule has 132 valence electrons. The van der Waals surface area contributed by atoms with E-state index in [1.165, 1.54) is 5.56 Å². The van der Waals surface area contributed by atoms with Crippen LogP contribution >= 0.6 is 0 Å². The average molecular weight is 345 g/mol. The van der Waals surface area contributed by atoms with Crippen LogP contribution in [0.15, 0.2) is 67.3 Å². The first-order valence-corrected chi connectivity index (χ1v) is 9.09. The monoisotopic (exact) mass is 345 g/mol. The number of nitrogens with zero attached hydrogens (tertiary/aromatic N) is 3. The van der Waals surface area contributed by atoms with E-state index in [0.29, 0.717) is 19.5 Å². The molecule has 3 aromatic rings. The lowest BCUT2D eigenvalue weighted by Gasteiger charge is -2.21. The molecule has 0 saturated carbocycles. The van der Waals surface area contributed by atoms with Gasteiger partial charge in [-0.25, -0.2) is 4.98 Å². The number of imidazole rings is 1. The molecule has 1 amide bonds. The van der Waals surface area contributed by atoms with E-state index in [9.17, 15) is 4.79 Å². The summed E-state index contributed by atoms with van der Waals surface area (Å²) in [5.74, 6) is 1.30. The van der Waals surface area contributed by atoms with Gasteiger partial charge in [-0.1, -0.05) is 48.5 Å². The van der Waals surface area contributed by atoms with Crippen LogP contribution < -0.4 is 0 Å². The highest BCUT2D eigenvalue weighted by molar-refractivity contribution is 5.81. The van der Waals surface area contributed by atoms with Gasteiger partial charge >= 0.3 is 0 Å². The second kappa shape index (κ2) is 6.79. The SMILES string of the molecule is C=CCN1C[C@@H](c2nc3ccccc3n2[C@H](C)c2ccccc2)CC1=O. The van der Waals surface area contributed by atoms with Crippen LogP contribution in [0.3, 0.4) is 0 Å². The summed E-state index contributed by atoms with van der Waals surface area (Å²) in [5.41, 5.74) is 3.34. The maximum atomic E-state index is 12.4. The Bertz CT molecular complexity index is 944. The molecular weight excluding hydrogens is 322 g/mol. The average Bonchev–Trinajstić information content (AvgIpc) is 3.23. The van der Waals surface area contributed by atoms with Gasteiger partial charge in [0.1, 0.15) is 5.82 Å². The molecule has 0 unspecified atom stereocenters. The van der Waals surface area contributed by atoms with Gasteiger partial charge in [0.25, 0.3) is 0 Å². The summed E-state index contributed by atoms with van der Waals surface area (Å²) in [5, 5.41) is 0. The molecule has 1 saturated heterocycles. The van der Waals surface area contributed by atoms with Crippen LogP contribution in [0.5, 0.6) is 0 Å². The van der Waals surface area contributed by atoms with Gasteiger partial charge in [-0.3, -0.25) is 4.79 Å². The number of hydrogen-bond acceptors (Lipinski definition) is 2. The maximum absolute atomic E-state index is 12.4. The van der Waals surface area contributed by atoms with Gasteiger partial charge in [0.15, 0.2) is 0 Å². The first kappa shape index (κ1) is 16.6. The molecule has 2 atom stereocenters. The van der Waals surface area contributed by atoms with Crippen LogP contribution in [-0.4, -0.2) is 33.4 Å². The number of rotatable bonds is 5. The Kier molecular flexibility index (Phi) is 4.33. The molecule has 0 aliphatic carbocycles. The third-order valence-electron chi connectivity index (χ3n) is 5.22. The van der Waals surface area contributed by atoms with Gasteiger partial charge in [0.05, 0.1) is 17.1 Å². The second-order valence-electron chi connectivity index (χ2n) is 6.90. The van der Waals surface area contributed by atoms with Crippen LogP contribution in [0.4, 0.5) is 0 Å². The van der Waals surface area contributed by atoms with Gasteiger partial charge < -0.3 is 9.47 Å². The van der Waals surface area contributed by atoms with E-state index in [1.54, 1.807) is 6.08 Å². The molecule has 2 heterocycles. The number of carbonyl (C=O) groups excluding carboxylic acids is 1. The van der Waals surface area contributed by atoms with Crippen molar-refractivity contribution in [2.75, 3.05) is 13.1 Å². The smallest absolute Gasteiger partial charge is 0.223 e. The summed E-state index contributed by atoms with van der Waals surface area (Å²) in [4.78, 5) is 19.2. The van der Waals surface area contributed by atoms with E-state index in [2.05, 4.69) is 48.4 Å². The summed E-state index contributed by atoms with van der Waals surface area (Å²) in [6.07, 6.45) is 2.30. The molecule has 1 aliphatic heterocycles. The van der Waals surface area contributed by atoms with Gasteiger partial charge in [0, 0.05) is 25.4 Å². The molecule has 4 rings (SSSR count). The van der Waals surface area contributed by atoms with Gasteiger partial charge in [-0.05, 0) is 24.6 Å². The lowest BCUT2D eigenvalue weighted by molar-refractivity contribution is -0.127. The zero-order chi connectivity index (χ0) is 18.1. The number of aromatic nitrogens is 2. The Hall–Kier alpha value is -2.88. The molecule has 26 heavy (non-hydrogen) atoms. The number of fused-ring (bicyclic) bond motifs is 1. The van der Waals surface area contributed by atoms with E-state index >= 15 is 0 Å². The van der Waals surface area contributed by atoms with E-state index in [0.717, 1.165) is 16.9 Å². The van der Waals surface area contributed by atoms with E-state index in [4.69, 9.17) is 4.98 Å². The Labute approximate surface area is 153 Å². The minimum absolute atomic E-state index is 0.112. The summed E-state index contributed by atoms with van der Waals surface area (Å²) in [6, 6.07) is 18.8. The summed E-state index contributed by atoms with van der Waals surface area (Å²) in [7, 11) is 0. The number of hydrogen-bond donors (Lipinski definition) is 0. The van der Waals surface area contributed by atoms with Crippen LogP contribution in [0.2, 0.25) is 0 Å². The number of para-hydroxylation sites is 2. The molecule has 0 radical (unpaired) electrons. The van der Waals surface area contributed by atoms with Crippen LogP contribution in [0.1, 0.15) is 36.7 Å². The van der Waals surface area contributed by atoms with Gasteiger partial charge in [0.2, 0.25) is 5.91 Å². The topological polar surface area (TPSA) is 38.1 Å². The minimum atomic E-state index is 0.112. The Balaban J connectivity index is 1.80. The van der Waals surface area contributed by atoms with Crippen LogP contribution in [0, 0.1) is 0 Å². The second-order valence-corrected chi connectivity index (χ2v) is 6.90. The molecule has 0 bridgehead atoms. The third-order valence-corrected chi connectivity index (χ3v) is 5.22. The number of benzene rings is 2. The van der Waals surface area contributed by atoms with Crippen molar-refractivity contribution < 1.29 is 4.79 Å². The van der Waals surface area contributed by atoms with E-state index < -0.39 is 0 Å². The molecule has 1 fully saturated rings. The van der Waals surface area contributed by atoms with Crippen molar-refractivity contribution in [2.24, 2.45) is 0 Å². The molecule has 0 N–H and O–H groups in total. The number of likely N-dealkylation sites (tertiary alicyclic amines) is 1. The van der Waals surface area contributed by atoms with Crippen molar-refractivity contribution >= 4 is 16.9 Å². The Morgan fingerprint density at radius 3 is 2.69 bits per heavy atom. The molecule has 0 spiro atoms. The van der Waals surface area contributed by atoms with Crippen molar-refractivity contribution in [2.45, 2.75) is 25.3 Å². The van der Waals surface area contributed by atoms with Crippen molar-refractivity contribution in [1.82, 2.24) is 14.5 Å². The first-order chi connectivity index (χ1) is 12.7. The highest BCUT2D eigenvalue weighted by Gasteiger charge is 2.34. The van der Waals surface area contributed by atoms with Crippen molar-refractivity contribution in [3.05, 3.63) is 78.6 Å². The van der Waals surface area contributed by atoms with Crippen LogP contribution in [-0.2, 0) is 4.79 Å².